The van der Waals surface area contributed by atoms with Gasteiger partial charge in [-0.1, -0.05) is 6.92 Å². The van der Waals surface area contributed by atoms with Crippen molar-refractivity contribution in [1.29, 1.82) is 0 Å². The molecule has 0 aliphatic rings. The van der Waals surface area contributed by atoms with Crippen LogP contribution in [0.5, 0.6) is 0 Å². The Morgan fingerprint density at radius 1 is 1.75 bits per heavy atom. The first-order valence-electron chi connectivity index (χ1n) is 3.43. The Balaban J connectivity index is 3.31. The molecule has 0 amide bonds. The number of aryl methyl sites for hydroxylation is 2. The quantitative estimate of drug-likeness (QED) is 0.577. The number of nitro groups is 1. The van der Waals surface area contributed by atoms with Gasteiger partial charge in [0, 0.05) is 7.05 Å². The molecule has 0 fully saturated rings. The average Bonchev–Trinajstić information content (AvgIpc) is 2.28. The maximum absolute atomic E-state index is 10.5. The minimum atomic E-state index is -0.421. The molecule has 0 radical (unpaired) electrons. The lowest BCUT2D eigenvalue weighted by Gasteiger charge is -1.88. The highest BCUT2D eigenvalue weighted by Crippen LogP contribution is 2.27. The second-order valence-corrected chi connectivity index (χ2v) is 3.07. The summed E-state index contributed by atoms with van der Waals surface area (Å²) >= 11 is 3.10. The lowest BCUT2D eigenvalue weighted by Crippen LogP contribution is -1.91. The predicted molar refractivity (Wildman–Crippen MR) is 46.9 cm³/mol. The second-order valence-electron chi connectivity index (χ2n) is 2.32. The summed E-state index contributed by atoms with van der Waals surface area (Å²) in [7, 11) is 1.66. The maximum atomic E-state index is 10.5. The van der Waals surface area contributed by atoms with Crippen molar-refractivity contribution >= 4 is 21.6 Å². The molecule has 1 aromatic heterocycles. The van der Waals surface area contributed by atoms with Crippen molar-refractivity contribution in [2.24, 2.45) is 7.05 Å². The van der Waals surface area contributed by atoms with E-state index in [1.165, 1.54) is 4.68 Å². The van der Waals surface area contributed by atoms with Crippen LogP contribution in [-0.4, -0.2) is 14.7 Å². The Labute approximate surface area is 77.7 Å². The fourth-order valence-electron chi connectivity index (χ4n) is 0.964. The van der Waals surface area contributed by atoms with E-state index < -0.39 is 4.92 Å². The number of halogens is 1. The number of rotatable bonds is 2. The first-order valence-corrected chi connectivity index (χ1v) is 4.23. The Bertz CT molecular complexity index is 321. The molecule has 1 rings (SSSR count). The van der Waals surface area contributed by atoms with E-state index in [1.54, 1.807) is 7.05 Å². The number of hydrogen-bond donors (Lipinski definition) is 0. The number of aromatic nitrogens is 2. The monoisotopic (exact) mass is 233 g/mol. The van der Waals surface area contributed by atoms with Crippen molar-refractivity contribution in [1.82, 2.24) is 9.78 Å². The normalized spacial score (nSPS) is 10.2. The summed E-state index contributed by atoms with van der Waals surface area (Å²) in [6.07, 6.45) is 0.565. The van der Waals surface area contributed by atoms with E-state index in [0.717, 1.165) is 0 Å². The zero-order chi connectivity index (χ0) is 9.30. The van der Waals surface area contributed by atoms with Crippen LogP contribution in [0.15, 0.2) is 4.60 Å². The molecule has 0 spiro atoms. The highest BCUT2D eigenvalue weighted by atomic mass is 79.9. The summed E-state index contributed by atoms with van der Waals surface area (Å²) in [5.41, 5.74) is 0.578. The molecule has 66 valence electrons. The molecule has 0 unspecified atom stereocenters. The average molecular weight is 234 g/mol. The molecule has 0 aliphatic heterocycles. The molecule has 0 saturated heterocycles. The van der Waals surface area contributed by atoms with Crippen LogP contribution < -0.4 is 0 Å². The largest absolute Gasteiger partial charge is 0.324 e. The van der Waals surface area contributed by atoms with Gasteiger partial charge >= 0.3 is 5.69 Å². The Hall–Kier alpha value is -0.910. The lowest BCUT2D eigenvalue weighted by molar-refractivity contribution is -0.386. The van der Waals surface area contributed by atoms with Gasteiger partial charge in [-0.15, -0.1) is 0 Å². The molecule has 1 heterocycles. The van der Waals surface area contributed by atoms with E-state index in [1.807, 2.05) is 6.92 Å². The van der Waals surface area contributed by atoms with Crippen LogP contribution in [0.25, 0.3) is 0 Å². The third kappa shape index (κ3) is 1.34. The fraction of sp³-hybridized carbons (Fsp3) is 0.500. The highest BCUT2D eigenvalue weighted by molar-refractivity contribution is 9.10. The summed E-state index contributed by atoms with van der Waals surface area (Å²) in [6.45, 7) is 1.84. The van der Waals surface area contributed by atoms with Crippen LogP contribution in [0.1, 0.15) is 12.6 Å². The molecule has 0 N–H and O–H groups in total. The van der Waals surface area contributed by atoms with Crippen molar-refractivity contribution in [3.8, 4) is 0 Å². The molecule has 0 aliphatic carbocycles. The van der Waals surface area contributed by atoms with Crippen LogP contribution in [-0.2, 0) is 13.5 Å². The van der Waals surface area contributed by atoms with E-state index in [4.69, 9.17) is 0 Å². The van der Waals surface area contributed by atoms with Crippen molar-refractivity contribution in [2.45, 2.75) is 13.3 Å². The number of nitrogens with zero attached hydrogens (tertiary/aromatic N) is 3. The summed E-state index contributed by atoms with van der Waals surface area (Å²) in [6, 6.07) is 0. The Morgan fingerprint density at radius 3 is 2.67 bits per heavy atom. The van der Waals surface area contributed by atoms with Crippen molar-refractivity contribution < 1.29 is 4.92 Å². The van der Waals surface area contributed by atoms with Crippen LogP contribution in [0, 0.1) is 10.1 Å². The smallest absolute Gasteiger partial charge is 0.258 e. The van der Waals surface area contributed by atoms with Gasteiger partial charge in [-0.25, -0.2) is 0 Å². The topological polar surface area (TPSA) is 61.0 Å². The van der Waals surface area contributed by atoms with Gasteiger partial charge in [0.15, 0.2) is 4.60 Å². The minimum absolute atomic E-state index is 0.0694. The Kier molecular flexibility index (Phi) is 2.46. The van der Waals surface area contributed by atoms with Gasteiger partial charge in [0.1, 0.15) is 5.69 Å². The van der Waals surface area contributed by atoms with Gasteiger partial charge in [-0.05, 0) is 22.4 Å². The van der Waals surface area contributed by atoms with E-state index >= 15 is 0 Å². The summed E-state index contributed by atoms with van der Waals surface area (Å²) in [4.78, 5) is 10.1. The van der Waals surface area contributed by atoms with Crippen molar-refractivity contribution in [3.63, 3.8) is 0 Å². The van der Waals surface area contributed by atoms with Gasteiger partial charge in [0.2, 0.25) is 0 Å². The standard InChI is InChI=1S/C6H8BrN3O2/c1-3-4-5(10(11)12)6(7)9(2)8-4/h3H2,1-2H3. The van der Waals surface area contributed by atoms with Gasteiger partial charge < -0.3 is 0 Å². The molecule has 12 heavy (non-hydrogen) atoms. The van der Waals surface area contributed by atoms with Gasteiger partial charge in [0.25, 0.3) is 0 Å². The lowest BCUT2D eigenvalue weighted by atomic mass is 10.3. The second kappa shape index (κ2) is 3.22. The van der Waals surface area contributed by atoms with Gasteiger partial charge in [-0.3, -0.25) is 14.8 Å². The molecule has 0 saturated carbocycles. The molecule has 5 nitrogen and oxygen atoms in total. The molecule has 1 aromatic rings. The van der Waals surface area contributed by atoms with Crippen LogP contribution in [0.3, 0.4) is 0 Å². The zero-order valence-corrected chi connectivity index (χ0v) is 8.33. The number of hydrogen-bond acceptors (Lipinski definition) is 3. The zero-order valence-electron chi connectivity index (χ0n) is 6.74. The SMILES string of the molecule is CCc1nn(C)c(Br)c1[N+](=O)[O-]. The third-order valence-corrected chi connectivity index (χ3v) is 2.43. The molecule has 0 bridgehead atoms. The van der Waals surface area contributed by atoms with Crippen molar-refractivity contribution in [2.75, 3.05) is 0 Å². The van der Waals surface area contributed by atoms with Crippen LogP contribution in [0.2, 0.25) is 0 Å². The molecule has 0 atom stereocenters. The third-order valence-electron chi connectivity index (χ3n) is 1.54. The van der Waals surface area contributed by atoms with Crippen LogP contribution >= 0.6 is 15.9 Å². The predicted octanol–water partition coefficient (Wildman–Crippen LogP) is 1.65. The highest BCUT2D eigenvalue weighted by Gasteiger charge is 2.22. The molecule has 6 heteroatoms. The van der Waals surface area contributed by atoms with Gasteiger partial charge in [0.05, 0.1) is 4.92 Å². The summed E-state index contributed by atoms with van der Waals surface area (Å²) < 4.78 is 1.88. The molecular weight excluding hydrogens is 226 g/mol. The van der Waals surface area contributed by atoms with E-state index in [2.05, 4.69) is 21.0 Å². The summed E-state index contributed by atoms with van der Waals surface area (Å²) in [5.74, 6) is 0. The van der Waals surface area contributed by atoms with E-state index in [-0.39, 0.29) is 5.69 Å². The fourth-order valence-corrected chi connectivity index (χ4v) is 1.42. The molecular formula is C6H8BrN3O2. The summed E-state index contributed by atoms with van der Waals surface area (Å²) in [5, 5.41) is 14.5. The van der Waals surface area contributed by atoms with Gasteiger partial charge in [-0.2, -0.15) is 5.10 Å². The van der Waals surface area contributed by atoms with E-state index in [9.17, 15) is 10.1 Å². The van der Waals surface area contributed by atoms with Crippen LogP contribution in [0.4, 0.5) is 5.69 Å². The first-order chi connectivity index (χ1) is 5.57. The maximum Gasteiger partial charge on any atom is 0.324 e. The Morgan fingerprint density at radius 2 is 2.33 bits per heavy atom. The van der Waals surface area contributed by atoms with E-state index in [0.29, 0.717) is 16.7 Å². The van der Waals surface area contributed by atoms with Crippen molar-refractivity contribution in [3.05, 3.63) is 20.4 Å². The first kappa shape index (κ1) is 9.18. The molecule has 0 aromatic carbocycles. The minimum Gasteiger partial charge on any atom is -0.258 e.